The zero-order valence-electron chi connectivity index (χ0n) is 4.63. The van der Waals surface area contributed by atoms with Crippen molar-refractivity contribution < 1.29 is 13.2 Å². The molecule has 3 heteroatoms. The molecule has 0 bridgehead atoms. The van der Waals surface area contributed by atoms with Gasteiger partial charge >= 0.3 is 0 Å². The van der Waals surface area contributed by atoms with Crippen molar-refractivity contribution in [2.45, 2.75) is 25.7 Å². The molecule has 0 aliphatic carbocycles. The lowest BCUT2D eigenvalue weighted by atomic mass is 10.2. The average Bonchev–Trinajstić information content (AvgIpc) is 1.59. The smallest absolute Gasteiger partial charge is 0.244 e. The minimum Gasteiger partial charge on any atom is -0.244 e. The Labute approximate surface area is 46.7 Å². The molecule has 0 atom stereocenters. The third-order valence-electron chi connectivity index (χ3n) is 0.692. The lowest BCUT2D eigenvalue weighted by molar-refractivity contribution is 0.0117. The van der Waals surface area contributed by atoms with Crippen LogP contribution in [0.5, 0.6) is 0 Å². The highest BCUT2D eigenvalue weighted by atomic mass is 19.3. The molecule has 0 rings (SSSR count). The molecule has 0 aliphatic heterocycles. The van der Waals surface area contributed by atoms with Crippen LogP contribution in [0.25, 0.3) is 0 Å². The van der Waals surface area contributed by atoms with Gasteiger partial charge in [-0.3, -0.25) is 0 Å². The third-order valence-corrected chi connectivity index (χ3v) is 0.692. The van der Waals surface area contributed by atoms with Gasteiger partial charge in [0.2, 0.25) is 5.92 Å². The van der Waals surface area contributed by atoms with Gasteiger partial charge in [0.25, 0.3) is 0 Å². The van der Waals surface area contributed by atoms with Gasteiger partial charge in [-0.05, 0) is 13.3 Å². The Bertz CT molecular complexity index is 55.2. The van der Waals surface area contributed by atoms with E-state index in [2.05, 4.69) is 0 Å². The van der Waals surface area contributed by atoms with Crippen LogP contribution in [0, 0.1) is 6.67 Å². The minimum absolute atomic E-state index is 0.163. The second kappa shape index (κ2) is 2.95. The molecule has 0 aromatic heterocycles. The van der Waals surface area contributed by atoms with Crippen LogP contribution >= 0.6 is 0 Å². The molecule has 0 aromatic carbocycles. The van der Waals surface area contributed by atoms with Crippen LogP contribution in [0.4, 0.5) is 13.2 Å². The molecule has 0 aliphatic rings. The largest absolute Gasteiger partial charge is 0.245 e. The minimum atomic E-state index is -2.72. The molecule has 49 valence electrons. The summed E-state index contributed by atoms with van der Waals surface area (Å²) in [5.41, 5.74) is 0. The van der Waals surface area contributed by atoms with Gasteiger partial charge in [-0.25, -0.2) is 13.2 Å². The summed E-state index contributed by atoms with van der Waals surface area (Å²) in [6.45, 7) is 1.02. The van der Waals surface area contributed by atoms with E-state index >= 15 is 0 Å². The summed E-state index contributed by atoms with van der Waals surface area (Å²) in [7, 11) is 0. The van der Waals surface area contributed by atoms with E-state index in [-0.39, 0.29) is 13.1 Å². The first-order valence-electron chi connectivity index (χ1n) is 2.36. The van der Waals surface area contributed by atoms with Crippen LogP contribution in [0.1, 0.15) is 19.8 Å². The monoisotopic (exact) mass is 125 g/mol. The van der Waals surface area contributed by atoms with Crippen molar-refractivity contribution in [2.75, 3.05) is 0 Å². The van der Waals surface area contributed by atoms with Gasteiger partial charge in [-0.15, -0.1) is 0 Å². The summed E-state index contributed by atoms with van der Waals surface area (Å²) in [5.74, 6) is -2.72. The molecule has 0 unspecified atom stereocenters. The molecule has 0 aromatic rings. The third kappa shape index (κ3) is 5.79. The summed E-state index contributed by atoms with van der Waals surface area (Å²) in [5, 5.41) is 0. The Morgan fingerprint density at radius 2 is 2.00 bits per heavy atom. The maximum absolute atomic E-state index is 11.7. The van der Waals surface area contributed by atoms with Crippen molar-refractivity contribution in [1.82, 2.24) is 0 Å². The van der Waals surface area contributed by atoms with Crippen molar-refractivity contribution in [3.8, 4) is 0 Å². The fourth-order valence-corrected chi connectivity index (χ4v) is 0.308. The van der Waals surface area contributed by atoms with Crippen molar-refractivity contribution in [3.63, 3.8) is 0 Å². The number of alkyl halides is 2. The first kappa shape index (κ1) is 7.79. The zero-order chi connectivity index (χ0) is 6.62. The van der Waals surface area contributed by atoms with E-state index in [4.69, 9.17) is 0 Å². The Morgan fingerprint density at radius 1 is 1.50 bits per heavy atom. The van der Waals surface area contributed by atoms with E-state index < -0.39 is 12.3 Å². The molecule has 0 saturated carbocycles. The quantitative estimate of drug-likeness (QED) is 0.543. The molecule has 0 amide bonds. The first-order chi connectivity index (χ1) is 3.56. The Kier molecular flexibility index (Phi) is 2.87. The van der Waals surface area contributed by atoms with Crippen LogP contribution in [-0.2, 0) is 0 Å². The Hall–Kier alpha value is -0.210. The standard InChI is InChI=1S/C5H8F3/c1-5(7,8)3-2-4-6/h4H,2-3H2,1H3. The van der Waals surface area contributed by atoms with Crippen molar-refractivity contribution >= 4 is 0 Å². The maximum atomic E-state index is 11.7. The number of hydrogen-bond acceptors (Lipinski definition) is 0. The highest BCUT2D eigenvalue weighted by molar-refractivity contribution is 4.60. The number of rotatable bonds is 3. The van der Waals surface area contributed by atoms with E-state index in [1.807, 2.05) is 0 Å². The molecule has 0 heterocycles. The molecule has 0 nitrogen and oxygen atoms in total. The molecule has 0 fully saturated rings. The maximum Gasteiger partial charge on any atom is 0.245 e. The fraction of sp³-hybridized carbons (Fsp3) is 0.800. The lowest BCUT2D eigenvalue weighted by Gasteiger charge is -2.05. The van der Waals surface area contributed by atoms with Crippen molar-refractivity contribution in [3.05, 3.63) is 6.67 Å². The van der Waals surface area contributed by atoms with Gasteiger partial charge in [0.05, 0.1) is 0 Å². The SMILES string of the molecule is CC(F)(F)CC[CH]F. The van der Waals surface area contributed by atoms with E-state index in [0.717, 1.165) is 6.92 Å². The van der Waals surface area contributed by atoms with Gasteiger partial charge < -0.3 is 0 Å². The molecule has 0 N–H and O–H groups in total. The van der Waals surface area contributed by atoms with Crippen LogP contribution in [0.15, 0.2) is 0 Å². The predicted octanol–water partition coefficient (Wildman–Crippen LogP) is 2.55. The number of halogens is 3. The summed E-state index contributed by atoms with van der Waals surface area (Å²) < 4.78 is 34.5. The predicted molar refractivity (Wildman–Crippen MR) is 25.3 cm³/mol. The van der Waals surface area contributed by atoms with Crippen LogP contribution < -0.4 is 0 Å². The Morgan fingerprint density at radius 3 is 2.12 bits per heavy atom. The van der Waals surface area contributed by atoms with Gasteiger partial charge in [-0.1, -0.05) is 0 Å². The summed E-state index contributed by atoms with van der Waals surface area (Å²) >= 11 is 0. The molecule has 1 radical (unpaired) electrons. The lowest BCUT2D eigenvalue weighted by Crippen LogP contribution is -2.07. The molecular weight excluding hydrogens is 117 g/mol. The molecule has 0 spiro atoms. The summed E-state index contributed by atoms with van der Waals surface area (Å²) in [6.07, 6.45) is -0.562. The zero-order valence-corrected chi connectivity index (χ0v) is 4.63. The Balaban J connectivity index is 3.11. The van der Waals surface area contributed by atoms with Crippen LogP contribution in [-0.4, -0.2) is 5.92 Å². The summed E-state index contributed by atoms with van der Waals surface area (Å²) in [4.78, 5) is 0. The van der Waals surface area contributed by atoms with Gasteiger partial charge in [0.15, 0.2) is 0 Å². The topological polar surface area (TPSA) is 0 Å². The number of hydrogen-bond donors (Lipinski definition) is 0. The highest BCUT2D eigenvalue weighted by Gasteiger charge is 2.19. The second-order valence-corrected chi connectivity index (χ2v) is 1.76. The van der Waals surface area contributed by atoms with Gasteiger partial charge in [0.1, 0.15) is 6.67 Å². The highest BCUT2D eigenvalue weighted by Crippen LogP contribution is 2.19. The molecular formula is C5H8F3. The van der Waals surface area contributed by atoms with Crippen molar-refractivity contribution in [2.24, 2.45) is 0 Å². The van der Waals surface area contributed by atoms with E-state index in [0.29, 0.717) is 0 Å². The van der Waals surface area contributed by atoms with Crippen LogP contribution in [0.2, 0.25) is 0 Å². The average molecular weight is 125 g/mol. The van der Waals surface area contributed by atoms with E-state index in [1.54, 1.807) is 0 Å². The second-order valence-electron chi connectivity index (χ2n) is 1.76. The normalized spacial score (nSPS) is 12.0. The van der Waals surface area contributed by atoms with Gasteiger partial charge in [0, 0.05) is 6.42 Å². The van der Waals surface area contributed by atoms with Crippen molar-refractivity contribution in [1.29, 1.82) is 0 Å². The summed E-state index contributed by atoms with van der Waals surface area (Å²) in [6, 6.07) is 0. The van der Waals surface area contributed by atoms with Gasteiger partial charge in [-0.2, -0.15) is 0 Å². The van der Waals surface area contributed by atoms with E-state index in [1.165, 1.54) is 0 Å². The molecule has 0 saturated heterocycles. The molecule has 8 heavy (non-hydrogen) atoms. The van der Waals surface area contributed by atoms with E-state index in [9.17, 15) is 13.2 Å². The fourth-order valence-electron chi connectivity index (χ4n) is 0.308. The first-order valence-corrected chi connectivity index (χ1v) is 2.36. The van der Waals surface area contributed by atoms with Crippen LogP contribution in [0.3, 0.4) is 0 Å².